The van der Waals surface area contributed by atoms with Gasteiger partial charge in [0.15, 0.2) is 11.9 Å². The van der Waals surface area contributed by atoms with Crippen LogP contribution in [0.5, 0.6) is 0 Å². The number of carbonyl (C=O) groups excluding carboxylic acids is 3. The van der Waals surface area contributed by atoms with Gasteiger partial charge in [-0.2, -0.15) is 0 Å². The molecule has 0 aromatic carbocycles. The Kier molecular flexibility index (Phi) is 5.96. The highest BCUT2D eigenvalue weighted by atomic mass is 32.1. The molecule has 9 heteroatoms. The van der Waals surface area contributed by atoms with Gasteiger partial charge in [-0.3, -0.25) is 14.4 Å². The van der Waals surface area contributed by atoms with Crippen molar-refractivity contribution in [2.75, 3.05) is 6.61 Å². The number of nitrogens with zero attached hydrogens (tertiary/aromatic N) is 1. The van der Waals surface area contributed by atoms with Crippen LogP contribution in [0.2, 0.25) is 0 Å². The maximum atomic E-state index is 12.8. The number of hydrogen-bond donors (Lipinski definition) is 1. The van der Waals surface area contributed by atoms with Gasteiger partial charge in [-0.05, 0) is 52.0 Å². The molecule has 2 aliphatic carbocycles. The quantitative estimate of drug-likeness (QED) is 0.699. The van der Waals surface area contributed by atoms with Crippen molar-refractivity contribution in [2.24, 2.45) is 17.8 Å². The van der Waals surface area contributed by atoms with Crippen LogP contribution in [0.15, 0.2) is 4.79 Å². The standard InChI is InChI=1S/C22H26N2O6S/c1-4-29-22(28)17-10(2)15-19(26)23-18(24-20(15)31-17)11(3)30-21(27)14-8-12-6-5-7-13(9-14)16(12)25/h11-14H,4-9H2,1-3H3,(H,23,24,26)/t11-,12-,13-/m0/s1. The lowest BCUT2D eigenvalue weighted by Crippen LogP contribution is -2.39. The average Bonchev–Trinajstić information content (AvgIpc) is 3.05. The molecule has 166 valence electrons. The molecular formula is C22H26N2O6S. The number of carbonyl (C=O) groups is 3. The summed E-state index contributed by atoms with van der Waals surface area (Å²) in [6.45, 7) is 5.30. The van der Waals surface area contributed by atoms with Crippen molar-refractivity contribution in [3.05, 3.63) is 26.6 Å². The van der Waals surface area contributed by atoms with E-state index >= 15 is 0 Å². The van der Waals surface area contributed by atoms with E-state index in [0.717, 1.165) is 30.6 Å². The fourth-order valence-electron chi connectivity index (χ4n) is 4.74. The molecule has 0 spiro atoms. The number of rotatable bonds is 5. The fraction of sp³-hybridized carbons (Fsp3) is 0.591. The first-order valence-corrected chi connectivity index (χ1v) is 11.6. The first-order chi connectivity index (χ1) is 14.8. The van der Waals surface area contributed by atoms with Gasteiger partial charge in [0.25, 0.3) is 5.56 Å². The van der Waals surface area contributed by atoms with Crippen molar-refractivity contribution in [1.29, 1.82) is 0 Å². The van der Waals surface area contributed by atoms with Gasteiger partial charge in [0, 0.05) is 11.8 Å². The Hall–Kier alpha value is -2.55. The molecular weight excluding hydrogens is 420 g/mol. The molecule has 2 aromatic heterocycles. The van der Waals surface area contributed by atoms with Crippen molar-refractivity contribution in [2.45, 2.75) is 59.0 Å². The molecule has 0 unspecified atom stereocenters. The van der Waals surface area contributed by atoms with E-state index in [9.17, 15) is 19.2 Å². The molecule has 0 aliphatic heterocycles. The summed E-state index contributed by atoms with van der Waals surface area (Å²) in [5.74, 6) is -0.685. The van der Waals surface area contributed by atoms with Gasteiger partial charge in [-0.1, -0.05) is 6.42 Å². The minimum Gasteiger partial charge on any atom is -0.462 e. The normalized spacial score (nSPS) is 24.1. The third-order valence-corrected chi connectivity index (χ3v) is 7.50. The van der Waals surface area contributed by atoms with E-state index in [0.29, 0.717) is 39.3 Å². The van der Waals surface area contributed by atoms with Gasteiger partial charge in [-0.25, -0.2) is 9.78 Å². The molecule has 2 aliphatic rings. The minimum atomic E-state index is -0.754. The molecule has 3 atom stereocenters. The summed E-state index contributed by atoms with van der Waals surface area (Å²) < 4.78 is 10.7. The number of H-pyrrole nitrogens is 1. The molecule has 2 aromatic rings. The summed E-state index contributed by atoms with van der Waals surface area (Å²) >= 11 is 1.09. The Labute approximate surface area is 183 Å². The maximum Gasteiger partial charge on any atom is 0.348 e. The zero-order chi connectivity index (χ0) is 22.3. The number of aryl methyl sites for hydroxylation is 1. The van der Waals surface area contributed by atoms with Gasteiger partial charge in [0.1, 0.15) is 15.5 Å². The van der Waals surface area contributed by atoms with Crippen molar-refractivity contribution in [3.63, 3.8) is 0 Å². The van der Waals surface area contributed by atoms with Crippen molar-refractivity contribution in [1.82, 2.24) is 9.97 Å². The van der Waals surface area contributed by atoms with E-state index in [2.05, 4.69) is 9.97 Å². The lowest BCUT2D eigenvalue weighted by atomic mass is 9.67. The summed E-state index contributed by atoms with van der Waals surface area (Å²) in [6, 6.07) is 0. The molecule has 8 nitrogen and oxygen atoms in total. The zero-order valence-corrected chi connectivity index (χ0v) is 18.7. The molecule has 2 fully saturated rings. The van der Waals surface area contributed by atoms with Gasteiger partial charge >= 0.3 is 11.9 Å². The second kappa shape index (κ2) is 8.53. The molecule has 0 amide bonds. The van der Waals surface area contributed by atoms with E-state index < -0.39 is 12.1 Å². The van der Waals surface area contributed by atoms with Gasteiger partial charge < -0.3 is 14.5 Å². The summed E-state index contributed by atoms with van der Waals surface area (Å²) in [5, 5.41) is 0.342. The Morgan fingerprint density at radius 1 is 1.23 bits per heavy atom. The highest BCUT2D eigenvalue weighted by molar-refractivity contribution is 7.20. The van der Waals surface area contributed by atoms with Gasteiger partial charge in [0.2, 0.25) is 0 Å². The maximum absolute atomic E-state index is 12.8. The van der Waals surface area contributed by atoms with Crippen LogP contribution in [-0.4, -0.2) is 34.3 Å². The van der Waals surface area contributed by atoms with E-state index in [1.807, 2.05) is 0 Å². The highest BCUT2D eigenvalue weighted by Gasteiger charge is 2.42. The first kappa shape index (κ1) is 21.7. The Bertz CT molecular complexity index is 1090. The number of hydrogen-bond acceptors (Lipinski definition) is 8. The number of aromatic amines is 1. The third kappa shape index (κ3) is 4.03. The second-order valence-corrected chi connectivity index (χ2v) is 9.38. The van der Waals surface area contributed by atoms with Crippen LogP contribution in [0.25, 0.3) is 10.2 Å². The molecule has 4 rings (SSSR count). The van der Waals surface area contributed by atoms with E-state index in [4.69, 9.17) is 9.47 Å². The molecule has 1 N–H and O–H groups in total. The first-order valence-electron chi connectivity index (χ1n) is 10.7. The smallest absolute Gasteiger partial charge is 0.348 e. The summed E-state index contributed by atoms with van der Waals surface area (Å²) in [4.78, 5) is 57.7. The molecule has 2 bridgehead atoms. The molecule has 31 heavy (non-hydrogen) atoms. The summed E-state index contributed by atoms with van der Waals surface area (Å²) in [5.41, 5.74) is 0.145. The van der Waals surface area contributed by atoms with E-state index in [1.54, 1.807) is 20.8 Å². The Morgan fingerprint density at radius 2 is 1.90 bits per heavy atom. The fourth-order valence-corrected chi connectivity index (χ4v) is 5.83. The number of ether oxygens (including phenoxy) is 2. The van der Waals surface area contributed by atoms with Crippen LogP contribution in [0, 0.1) is 24.7 Å². The zero-order valence-electron chi connectivity index (χ0n) is 17.9. The SMILES string of the molecule is CCOC(=O)c1sc2nc([C@H](C)OC(=O)C3C[C@@H]4CCC[C@@H](C3)C4=O)[nH]c(=O)c2c1C. The second-order valence-electron chi connectivity index (χ2n) is 8.38. The van der Waals surface area contributed by atoms with Crippen LogP contribution >= 0.6 is 11.3 Å². The molecule has 0 radical (unpaired) electrons. The highest BCUT2D eigenvalue weighted by Crippen LogP contribution is 2.41. The third-order valence-electron chi connectivity index (χ3n) is 6.34. The lowest BCUT2D eigenvalue weighted by Gasteiger charge is -2.36. The number of aromatic nitrogens is 2. The van der Waals surface area contributed by atoms with Gasteiger partial charge in [0.05, 0.1) is 17.9 Å². The molecule has 0 saturated heterocycles. The van der Waals surface area contributed by atoms with Crippen LogP contribution in [0.4, 0.5) is 0 Å². The number of Topliss-reactive ketones (excluding diaryl/α,β-unsaturated/α-hetero) is 1. The number of nitrogens with one attached hydrogen (secondary N) is 1. The lowest BCUT2D eigenvalue weighted by molar-refractivity contribution is -0.158. The minimum absolute atomic E-state index is 0.0370. The average molecular weight is 447 g/mol. The van der Waals surface area contributed by atoms with Crippen LogP contribution in [0.1, 0.15) is 73.1 Å². The van der Waals surface area contributed by atoms with Crippen molar-refractivity contribution in [3.8, 4) is 0 Å². The predicted molar refractivity (Wildman–Crippen MR) is 114 cm³/mol. The van der Waals surface area contributed by atoms with Crippen molar-refractivity contribution >= 4 is 39.3 Å². The Morgan fingerprint density at radius 3 is 2.55 bits per heavy atom. The van der Waals surface area contributed by atoms with Crippen molar-refractivity contribution < 1.29 is 23.9 Å². The van der Waals surface area contributed by atoms with Crippen LogP contribution in [-0.2, 0) is 19.1 Å². The van der Waals surface area contributed by atoms with Crippen LogP contribution in [0.3, 0.4) is 0 Å². The number of fused-ring (bicyclic) bond motifs is 3. The van der Waals surface area contributed by atoms with E-state index in [-0.39, 0.29) is 41.7 Å². The summed E-state index contributed by atoms with van der Waals surface area (Å²) in [7, 11) is 0. The number of ketones is 1. The van der Waals surface area contributed by atoms with E-state index in [1.165, 1.54) is 0 Å². The summed E-state index contributed by atoms with van der Waals surface area (Å²) in [6.07, 6.45) is 3.06. The Balaban J connectivity index is 1.53. The number of thiophene rings is 1. The number of esters is 2. The van der Waals surface area contributed by atoms with Gasteiger partial charge in [-0.15, -0.1) is 11.3 Å². The largest absolute Gasteiger partial charge is 0.462 e. The van der Waals surface area contributed by atoms with Crippen LogP contribution < -0.4 is 5.56 Å². The predicted octanol–water partition coefficient (Wildman–Crippen LogP) is 3.47. The molecule has 2 saturated carbocycles. The molecule has 2 heterocycles. The topological polar surface area (TPSA) is 115 Å². The monoisotopic (exact) mass is 446 g/mol.